The number of nitrogens with zero attached hydrogens (tertiary/aromatic N) is 2. The molecule has 0 radical (unpaired) electrons. The van der Waals surface area contributed by atoms with Crippen LogP contribution in [0, 0.1) is 5.82 Å². The number of halogens is 1. The number of rotatable bonds is 6. The van der Waals surface area contributed by atoms with Gasteiger partial charge in [0.15, 0.2) is 4.34 Å². The van der Waals surface area contributed by atoms with Gasteiger partial charge in [0.25, 0.3) is 5.91 Å². The lowest BCUT2D eigenvalue weighted by Gasteiger charge is -2.04. The lowest BCUT2D eigenvalue weighted by Crippen LogP contribution is -2.13. The summed E-state index contributed by atoms with van der Waals surface area (Å²) in [7, 11) is 0. The average molecular weight is 439 g/mol. The SMILES string of the molecule is O=C(CSc1nnc(NC(=O)c2ccc3ccccc3c2)s1)Nc1cccc(F)c1. The van der Waals surface area contributed by atoms with Crippen LogP contribution in [0.25, 0.3) is 10.8 Å². The molecule has 150 valence electrons. The second kappa shape index (κ2) is 9.02. The Morgan fingerprint density at radius 3 is 2.60 bits per heavy atom. The zero-order chi connectivity index (χ0) is 20.9. The van der Waals surface area contributed by atoms with Crippen LogP contribution in [0.2, 0.25) is 0 Å². The van der Waals surface area contributed by atoms with E-state index >= 15 is 0 Å². The summed E-state index contributed by atoms with van der Waals surface area (Å²) in [5.74, 6) is -0.903. The van der Waals surface area contributed by atoms with Crippen molar-refractivity contribution in [3.63, 3.8) is 0 Å². The molecule has 0 aliphatic rings. The predicted octanol–water partition coefficient (Wildman–Crippen LogP) is 4.81. The second-order valence-corrected chi connectivity index (χ2v) is 8.44. The predicted molar refractivity (Wildman–Crippen MR) is 118 cm³/mol. The molecule has 2 N–H and O–H groups in total. The van der Waals surface area contributed by atoms with E-state index < -0.39 is 5.82 Å². The number of aromatic nitrogens is 2. The normalized spacial score (nSPS) is 10.7. The van der Waals surface area contributed by atoms with E-state index in [0.717, 1.165) is 10.8 Å². The fraction of sp³-hybridized carbons (Fsp3) is 0.0476. The van der Waals surface area contributed by atoms with Gasteiger partial charge in [-0.05, 0) is 41.1 Å². The van der Waals surface area contributed by atoms with E-state index in [1.807, 2.05) is 36.4 Å². The van der Waals surface area contributed by atoms with Crippen LogP contribution < -0.4 is 10.6 Å². The standard InChI is InChI=1S/C21H15FN4O2S2/c22-16-6-3-7-17(11-16)23-18(27)12-29-21-26-25-20(30-21)24-19(28)15-9-8-13-4-1-2-5-14(13)10-15/h1-11H,12H2,(H,23,27)(H,24,25,28). The first-order valence-corrected chi connectivity index (χ1v) is 10.7. The monoisotopic (exact) mass is 438 g/mol. The quantitative estimate of drug-likeness (QED) is 0.333. The number of benzene rings is 3. The molecule has 3 aromatic carbocycles. The zero-order valence-electron chi connectivity index (χ0n) is 15.5. The first kappa shape index (κ1) is 20.0. The fourth-order valence-corrected chi connectivity index (χ4v) is 4.26. The van der Waals surface area contributed by atoms with E-state index in [4.69, 9.17) is 0 Å². The Kier molecular flexibility index (Phi) is 6.01. The van der Waals surface area contributed by atoms with Crippen LogP contribution in [-0.4, -0.2) is 27.8 Å². The number of nitrogens with one attached hydrogen (secondary N) is 2. The van der Waals surface area contributed by atoms with Crippen molar-refractivity contribution in [1.29, 1.82) is 0 Å². The van der Waals surface area contributed by atoms with Crippen LogP contribution >= 0.6 is 23.1 Å². The molecule has 0 saturated heterocycles. The van der Waals surface area contributed by atoms with Crippen molar-refractivity contribution in [2.75, 3.05) is 16.4 Å². The Bertz CT molecular complexity index is 1230. The van der Waals surface area contributed by atoms with Crippen molar-refractivity contribution in [2.45, 2.75) is 4.34 Å². The summed E-state index contributed by atoms with van der Waals surface area (Å²) in [6, 6.07) is 18.9. The van der Waals surface area contributed by atoms with Crippen LogP contribution in [0.5, 0.6) is 0 Å². The van der Waals surface area contributed by atoms with Gasteiger partial charge in [-0.25, -0.2) is 4.39 Å². The topological polar surface area (TPSA) is 84.0 Å². The van der Waals surface area contributed by atoms with Gasteiger partial charge in [-0.2, -0.15) is 0 Å². The maximum absolute atomic E-state index is 13.2. The molecule has 0 bridgehead atoms. The molecule has 4 aromatic rings. The van der Waals surface area contributed by atoms with Gasteiger partial charge in [-0.1, -0.05) is 59.5 Å². The number of amides is 2. The Labute approximate surface area is 179 Å². The van der Waals surface area contributed by atoms with E-state index in [1.54, 1.807) is 12.1 Å². The van der Waals surface area contributed by atoms with E-state index in [1.165, 1.54) is 41.3 Å². The van der Waals surface area contributed by atoms with Crippen LogP contribution in [0.15, 0.2) is 71.1 Å². The van der Waals surface area contributed by atoms with Crippen molar-refractivity contribution in [3.8, 4) is 0 Å². The first-order chi connectivity index (χ1) is 14.6. The number of thioether (sulfide) groups is 1. The minimum Gasteiger partial charge on any atom is -0.325 e. The molecular formula is C21H15FN4O2S2. The Hall–Kier alpha value is -3.30. The lowest BCUT2D eigenvalue weighted by molar-refractivity contribution is -0.113. The third-order valence-corrected chi connectivity index (χ3v) is 6.05. The van der Waals surface area contributed by atoms with Gasteiger partial charge in [-0.15, -0.1) is 10.2 Å². The summed E-state index contributed by atoms with van der Waals surface area (Å²) in [5, 5.41) is 15.7. The molecule has 0 spiro atoms. The van der Waals surface area contributed by atoms with Crippen LogP contribution in [0.4, 0.5) is 15.2 Å². The Morgan fingerprint density at radius 1 is 0.933 bits per heavy atom. The molecule has 0 unspecified atom stereocenters. The van der Waals surface area contributed by atoms with Gasteiger partial charge >= 0.3 is 0 Å². The number of fused-ring (bicyclic) bond motifs is 1. The molecule has 9 heteroatoms. The summed E-state index contributed by atoms with van der Waals surface area (Å²) in [6.45, 7) is 0. The number of hydrogen-bond acceptors (Lipinski definition) is 6. The smallest absolute Gasteiger partial charge is 0.257 e. The Morgan fingerprint density at radius 2 is 1.77 bits per heavy atom. The lowest BCUT2D eigenvalue weighted by atomic mass is 10.1. The third kappa shape index (κ3) is 5.00. The highest BCUT2D eigenvalue weighted by Crippen LogP contribution is 2.26. The summed E-state index contributed by atoms with van der Waals surface area (Å²) in [5.41, 5.74) is 0.911. The molecule has 0 saturated carbocycles. The van der Waals surface area contributed by atoms with Crippen molar-refractivity contribution in [2.24, 2.45) is 0 Å². The van der Waals surface area contributed by atoms with Gasteiger partial charge in [0, 0.05) is 11.3 Å². The van der Waals surface area contributed by atoms with Gasteiger partial charge in [0.05, 0.1) is 5.75 Å². The van der Waals surface area contributed by atoms with E-state index in [9.17, 15) is 14.0 Å². The highest BCUT2D eigenvalue weighted by molar-refractivity contribution is 8.01. The average Bonchev–Trinajstić information content (AvgIpc) is 3.19. The molecule has 1 heterocycles. The Balaban J connectivity index is 1.33. The summed E-state index contributed by atoms with van der Waals surface area (Å²) >= 11 is 2.36. The number of carbonyl (C=O) groups is 2. The molecule has 4 rings (SSSR count). The molecule has 30 heavy (non-hydrogen) atoms. The highest BCUT2D eigenvalue weighted by atomic mass is 32.2. The minimum absolute atomic E-state index is 0.0871. The molecule has 0 atom stereocenters. The second-order valence-electron chi connectivity index (χ2n) is 6.24. The fourth-order valence-electron chi connectivity index (χ4n) is 2.71. The van der Waals surface area contributed by atoms with Crippen molar-refractivity contribution in [3.05, 3.63) is 78.1 Å². The molecular weight excluding hydrogens is 423 g/mol. The van der Waals surface area contributed by atoms with Crippen molar-refractivity contribution < 1.29 is 14.0 Å². The molecule has 1 aromatic heterocycles. The highest BCUT2D eigenvalue weighted by Gasteiger charge is 2.12. The molecule has 6 nitrogen and oxygen atoms in total. The third-order valence-electron chi connectivity index (χ3n) is 4.07. The molecule has 0 fully saturated rings. The van der Waals surface area contributed by atoms with Gasteiger partial charge in [0.1, 0.15) is 5.82 Å². The van der Waals surface area contributed by atoms with E-state index in [0.29, 0.717) is 20.7 Å². The maximum atomic E-state index is 13.2. The molecule has 2 amide bonds. The summed E-state index contributed by atoms with van der Waals surface area (Å²) in [4.78, 5) is 24.5. The van der Waals surface area contributed by atoms with Gasteiger partial charge < -0.3 is 5.32 Å². The minimum atomic E-state index is -0.420. The number of hydrogen-bond donors (Lipinski definition) is 2. The number of carbonyl (C=O) groups excluding carboxylic acids is 2. The van der Waals surface area contributed by atoms with Gasteiger partial charge in [0.2, 0.25) is 11.0 Å². The molecule has 0 aliphatic heterocycles. The van der Waals surface area contributed by atoms with E-state index in [-0.39, 0.29) is 17.6 Å². The van der Waals surface area contributed by atoms with Gasteiger partial charge in [-0.3, -0.25) is 14.9 Å². The largest absolute Gasteiger partial charge is 0.325 e. The molecule has 0 aliphatic carbocycles. The zero-order valence-corrected chi connectivity index (χ0v) is 17.1. The van der Waals surface area contributed by atoms with Crippen LogP contribution in [0.1, 0.15) is 10.4 Å². The number of anilines is 2. The van der Waals surface area contributed by atoms with Crippen LogP contribution in [0.3, 0.4) is 0 Å². The van der Waals surface area contributed by atoms with Crippen molar-refractivity contribution in [1.82, 2.24) is 10.2 Å². The maximum Gasteiger partial charge on any atom is 0.257 e. The van der Waals surface area contributed by atoms with E-state index in [2.05, 4.69) is 20.8 Å². The summed E-state index contributed by atoms with van der Waals surface area (Å²) in [6.07, 6.45) is 0. The van der Waals surface area contributed by atoms with Crippen LogP contribution in [-0.2, 0) is 4.79 Å². The van der Waals surface area contributed by atoms with Crippen molar-refractivity contribution >= 4 is 56.5 Å². The summed E-state index contributed by atoms with van der Waals surface area (Å²) < 4.78 is 13.7. The first-order valence-electron chi connectivity index (χ1n) is 8.89.